The normalized spacial score (nSPS) is 10.9. The van der Waals surface area contributed by atoms with Crippen molar-refractivity contribution in [1.82, 2.24) is 20.1 Å². The summed E-state index contributed by atoms with van der Waals surface area (Å²) in [7, 11) is 0. The molecule has 1 N–H and O–H groups in total. The Morgan fingerprint density at radius 3 is 2.81 bits per heavy atom. The summed E-state index contributed by atoms with van der Waals surface area (Å²) in [6, 6.07) is 0. The summed E-state index contributed by atoms with van der Waals surface area (Å²) in [5.74, 6) is 0.906. The van der Waals surface area contributed by atoms with E-state index in [-0.39, 0.29) is 0 Å². The lowest BCUT2D eigenvalue weighted by Crippen LogP contribution is -2.15. The molecule has 1 aromatic rings. The van der Waals surface area contributed by atoms with E-state index in [1.54, 1.807) is 0 Å². The minimum absolute atomic E-state index is 0.788. The summed E-state index contributed by atoms with van der Waals surface area (Å²) >= 11 is 0. The summed E-state index contributed by atoms with van der Waals surface area (Å²) in [6.45, 7) is 7.21. The maximum atomic E-state index is 4.42. The molecule has 1 heterocycles. The molecule has 0 fully saturated rings. The van der Waals surface area contributed by atoms with Gasteiger partial charge in [-0.1, -0.05) is 33.1 Å². The Morgan fingerprint density at radius 2 is 2.06 bits per heavy atom. The Balaban J connectivity index is 2.17. The van der Waals surface area contributed by atoms with Crippen LogP contribution in [-0.4, -0.2) is 21.3 Å². The third-order valence-corrected chi connectivity index (χ3v) is 2.53. The minimum atomic E-state index is 0.788. The molecule has 0 aliphatic carbocycles. The van der Waals surface area contributed by atoms with E-state index >= 15 is 0 Å². The lowest BCUT2D eigenvalue weighted by atomic mass is 10.2. The van der Waals surface area contributed by atoms with Crippen LogP contribution < -0.4 is 5.32 Å². The summed E-state index contributed by atoms with van der Waals surface area (Å²) in [5.41, 5.74) is 0. The topological polar surface area (TPSA) is 42.7 Å². The molecule has 0 amide bonds. The Labute approximate surface area is 98.5 Å². The van der Waals surface area contributed by atoms with Gasteiger partial charge in [0.05, 0.1) is 6.54 Å². The van der Waals surface area contributed by atoms with E-state index < -0.39 is 0 Å². The molecule has 0 radical (unpaired) electrons. The maximum absolute atomic E-state index is 4.42. The molecule has 0 saturated heterocycles. The van der Waals surface area contributed by atoms with Gasteiger partial charge in [0.15, 0.2) is 5.82 Å². The molecule has 4 nitrogen and oxygen atoms in total. The first-order valence-electron chi connectivity index (χ1n) is 6.45. The Hall–Kier alpha value is -0.900. The third kappa shape index (κ3) is 5.26. The van der Waals surface area contributed by atoms with Gasteiger partial charge in [-0.15, -0.1) is 0 Å². The molecule has 0 spiro atoms. The van der Waals surface area contributed by atoms with Crippen LogP contribution in [0, 0.1) is 0 Å². The maximum Gasteiger partial charge on any atom is 0.164 e. The van der Waals surface area contributed by atoms with E-state index in [4.69, 9.17) is 0 Å². The van der Waals surface area contributed by atoms with Gasteiger partial charge in [-0.3, -0.25) is 4.68 Å². The van der Waals surface area contributed by atoms with Crippen molar-refractivity contribution in [3.05, 3.63) is 12.2 Å². The van der Waals surface area contributed by atoms with Gasteiger partial charge in [0, 0.05) is 6.54 Å². The summed E-state index contributed by atoms with van der Waals surface area (Å²) in [5, 5.41) is 7.73. The lowest BCUT2D eigenvalue weighted by molar-refractivity contribution is 0.532. The van der Waals surface area contributed by atoms with E-state index in [1.165, 1.54) is 25.7 Å². The van der Waals surface area contributed by atoms with E-state index in [2.05, 4.69) is 29.2 Å². The molecular formula is C12H24N4. The fraction of sp³-hybridized carbons (Fsp3) is 0.833. The molecule has 0 bridgehead atoms. The van der Waals surface area contributed by atoms with Crippen LogP contribution in [0.4, 0.5) is 0 Å². The van der Waals surface area contributed by atoms with E-state index in [9.17, 15) is 0 Å². The fourth-order valence-corrected chi connectivity index (χ4v) is 1.60. The van der Waals surface area contributed by atoms with Gasteiger partial charge in [-0.2, -0.15) is 5.10 Å². The molecule has 92 valence electrons. The molecular weight excluding hydrogens is 200 g/mol. The average molecular weight is 224 g/mol. The Kier molecular flexibility index (Phi) is 6.81. The number of nitrogens with one attached hydrogen (secondary N) is 1. The van der Waals surface area contributed by atoms with Gasteiger partial charge in [-0.05, 0) is 19.4 Å². The summed E-state index contributed by atoms with van der Waals surface area (Å²) in [6.07, 6.45) is 8.09. The molecule has 4 heteroatoms. The van der Waals surface area contributed by atoms with Crippen LogP contribution in [-0.2, 0) is 13.1 Å². The fourth-order valence-electron chi connectivity index (χ4n) is 1.60. The van der Waals surface area contributed by atoms with Crippen LogP contribution in [0.5, 0.6) is 0 Å². The molecule has 0 aromatic carbocycles. The molecule has 0 saturated carbocycles. The van der Waals surface area contributed by atoms with Crippen molar-refractivity contribution in [3.63, 3.8) is 0 Å². The second kappa shape index (κ2) is 8.28. The number of hydrogen-bond donors (Lipinski definition) is 1. The second-order valence-electron chi connectivity index (χ2n) is 4.16. The van der Waals surface area contributed by atoms with Crippen molar-refractivity contribution >= 4 is 0 Å². The van der Waals surface area contributed by atoms with Crippen molar-refractivity contribution < 1.29 is 0 Å². The highest BCUT2D eigenvalue weighted by Crippen LogP contribution is 2.01. The number of aryl methyl sites for hydroxylation is 1. The monoisotopic (exact) mass is 224 g/mol. The summed E-state index contributed by atoms with van der Waals surface area (Å²) in [4.78, 5) is 4.28. The first kappa shape index (κ1) is 13.2. The van der Waals surface area contributed by atoms with Crippen LogP contribution in [0.15, 0.2) is 6.33 Å². The smallest absolute Gasteiger partial charge is 0.164 e. The quantitative estimate of drug-likeness (QED) is 0.655. The number of hydrogen-bond acceptors (Lipinski definition) is 3. The van der Waals surface area contributed by atoms with Gasteiger partial charge >= 0.3 is 0 Å². The van der Waals surface area contributed by atoms with Crippen molar-refractivity contribution in [2.45, 2.75) is 59.0 Å². The molecule has 1 aromatic heterocycles. The standard InChI is InChI=1S/C12H24N4/c1-3-5-6-7-9-16-11-14-12(15-16)10-13-8-4-2/h11,13H,3-10H2,1-2H3. The average Bonchev–Trinajstić information content (AvgIpc) is 2.73. The van der Waals surface area contributed by atoms with Crippen LogP contribution >= 0.6 is 0 Å². The predicted molar refractivity (Wildman–Crippen MR) is 66.2 cm³/mol. The molecule has 0 unspecified atom stereocenters. The SMILES string of the molecule is CCCCCCn1cnc(CNCCC)n1. The zero-order valence-corrected chi connectivity index (χ0v) is 10.6. The van der Waals surface area contributed by atoms with Crippen LogP contribution in [0.25, 0.3) is 0 Å². The molecule has 0 aliphatic rings. The molecule has 1 rings (SSSR count). The van der Waals surface area contributed by atoms with E-state index in [0.29, 0.717) is 0 Å². The first-order valence-corrected chi connectivity index (χ1v) is 6.45. The Bertz CT molecular complexity index is 270. The predicted octanol–water partition coefficient (Wildman–Crippen LogP) is 2.36. The zero-order valence-electron chi connectivity index (χ0n) is 10.6. The van der Waals surface area contributed by atoms with Crippen LogP contribution in [0.3, 0.4) is 0 Å². The second-order valence-corrected chi connectivity index (χ2v) is 4.16. The number of unbranched alkanes of at least 4 members (excludes halogenated alkanes) is 3. The molecule has 0 atom stereocenters. The van der Waals surface area contributed by atoms with Gasteiger partial charge in [0.2, 0.25) is 0 Å². The largest absolute Gasteiger partial charge is 0.310 e. The van der Waals surface area contributed by atoms with Gasteiger partial charge in [0.1, 0.15) is 6.33 Å². The van der Waals surface area contributed by atoms with Crippen LogP contribution in [0.1, 0.15) is 51.8 Å². The third-order valence-electron chi connectivity index (χ3n) is 2.53. The first-order chi connectivity index (χ1) is 7.86. The summed E-state index contributed by atoms with van der Waals surface area (Å²) < 4.78 is 1.96. The highest BCUT2D eigenvalue weighted by Gasteiger charge is 1.99. The van der Waals surface area contributed by atoms with Gasteiger partial charge in [-0.25, -0.2) is 4.98 Å². The van der Waals surface area contributed by atoms with Crippen molar-refractivity contribution in [3.8, 4) is 0 Å². The highest BCUT2D eigenvalue weighted by atomic mass is 15.3. The number of aromatic nitrogens is 3. The molecule has 0 aliphatic heterocycles. The van der Waals surface area contributed by atoms with Gasteiger partial charge in [0.25, 0.3) is 0 Å². The van der Waals surface area contributed by atoms with E-state index in [0.717, 1.165) is 31.9 Å². The zero-order chi connectivity index (χ0) is 11.6. The van der Waals surface area contributed by atoms with Crippen molar-refractivity contribution in [2.75, 3.05) is 6.54 Å². The highest BCUT2D eigenvalue weighted by molar-refractivity contribution is 4.80. The Morgan fingerprint density at radius 1 is 1.19 bits per heavy atom. The van der Waals surface area contributed by atoms with E-state index in [1.807, 2.05) is 11.0 Å². The van der Waals surface area contributed by atoms with Crippen LogP contribution in [0.2, 0.25) is 0 Å². The molecule has 16 heavy (non-hydrogen) atoms. The lowest BCUT2D eigenvalue weighted by Gasteiger charge is -2.00. The van der Waals surface area contributed by atoms with Gasteiger partial charge < -0.3 is 5.32 Å². The number of rotatable bonds is 9. The van der Waals surface area contributed by atoms with Crippen molar-refractivity contribution in [1.29, 1.82) is 0 Å². The van der Waals surface area contributed by atoms with Crippen molar-refractivity contribution in [2.24, 2.45) is 0 Å². The number of nitrogens with zero attached hydrogens (tertiary/aromatic N) is 3. The minimum Gasteiger partial charge on any atom is -0.310 e.